The minimum absolute atomic E-state index is 0.348. The first-order valence-electron chi connectivity index (χ1n) is 8.41. The Balaban J connectivity index is 2.22. The number of rotatable bonds is 7. The predicted octanol–water partition coefficient (Wildman–Crippen LogP) is 3.46. The standard InChI is InChI=1S/C21H23NO6/c1-13-6-8-15(21(24)28-5)12-16(13)22-19(23)9-7-14-10-17(25-2)20(27-4)18(11-14)26-3/h6-12H,1-5H3,(H,22,23)/b9-7+. The van der Waals surface area contributed by atoms with E-state index in [1.54, 1.807) is 36.4 Å². The summed E-state index contributed by atoms with van der Waals surface area (Å²) in [6.45, 7) is 1.83. The van der Waals surface area contributed by atoms with Gasteiger partial charge < -0.3 is 24.3 Å². The van der Waals surface area contributed by atoms with E-state index in [-0.39, 0.29) is 5.91 Å². The summed E-state index contributed by atoms with van der Waals surface area (Å²) in [5.74, 6) is 0.635. The zero-order valence-electron chi connectivity index (χ0n) is 16.5. The fourth-order valence-electron chi connectivity index (χ4n) is 2.55. The van der Waals surface area contributed by atoms with Gasteiger partial charge in [-0.15, -0.1) is 0 Å². The summed E-state index contributed by atoms with van der Waals surface area (Å²) in [5, 5.41) is 2.76. The van der Waals surface area contributed by atoms with E-state index in [4.69, 9.17) is 18.9 Å². The van der Waals surface area contributed by atoms with Gasteiger partial charge in [0.1, 0.15) is 0 Å². The maximum atomic E-state index is 12.3. The molecule has 0 saturated heterocycles. The number of carbonyl (C=O) groups is 2. The van der Waals surface area contributed by atoms with Gasteiger partial charge in [-0.3, -0.25) is 4.79 Å². The van der Waals surface area contributed by atoms with Gasteiger partial charge in [-0.05, 0) is 48.4 Å². The van der Waals surface area contributed by atoms with E-state index in [1.165, 1.54) is 34.5 Å². The lowest BCUT2D eigenvalue weighted by molar-refractivity contribution is -0.111. The van der Waals surface area contributed by atoms with Crippen molar-refractivity contribution in [3.05, 3.63) is 53.1 Å². The second-order valence-corrected chi connectivity index (χ2v) is 5.80. The molecule has 0 saturated carbocycles. The Hall–Kier alpha value is -3.48. The lowest BCUT2D eigenvalue weighted by atomic mass is 10.1. The highest BCUT2D eigenvalue weighted by atomic mass is 16.5. The molecule has 2 rings (SSSR count). The highest BCUT2D eigenvalue weighted by Gasteiger charge is 2.13. The van der Waals surface area contributed by atoms with Crippen LogP contribution in [0.25, 0.3) is 6.08 Å². The average Bonchev–Trinajstić information content (AvgIpc) is 2.72. The number of aryl methyl sites for hydroxylation is 1. The number of ether oxygens (including phenoxy) is 4. The van der Waals surface area contributed by atoms with E-state index in [1.807, 2.05) is 6.92 Å². The van der Waals surface area contributed by atoms with E-state index in [0.717, 1.165) is 5.56 Å². The zero-order chi connectivity index (χ0) is 20.7. The normalized spacial score (nSPS) is 10.5. The number of anilines is 1. The Morgan fingerprint density at radius 2 is 1.57 bits per heavy atom. The van der Waals surface area contributed by atoms with Crippen LogP contribution in [0.2, 0.25) is 0 Å². The Morgan fingerprint density at radius 3 is 2.11 bits per heavy atom. The summed E-state index contributed by atoms with van der Waals surface area (Å²) < 4.78 is 20.6. The Bertz CT molecular complexity index is 879. The van der Waals surface area contributed by atoms with Crippen LogP contribution in [0.1, 0.15) is 21.5 Å². The van der Waals surface area contributed by atoms with Crippen molar-refractivity contribution in [3.8, 4) is 17.2 Å². The van der Waals surface area contributed by atoms with E-state index in [9.17, 15) is 9.59 Å². The number of esters is 1. The van der Waals surface area contributed by atoms with Crippen molar-refractivity contribution in [1.29, 1.82) is 0 Å². The second-order valence-electron chi connectivity index (χ2n) is 5.80. The molecule has 0 atom stereocenters. The van der Waals surface area contributed by atoms with Crippen molar-refractivity contribution in [1.82, 2.24) is 0 Å². The summed E-state index contributed by atoms with van der Waals surface area (Å²) in [6, 6.07) is 8.42. The summed E-state index contributed by atoms with van der Waals surface area (Å²) in [5.41, 5.74) is 2.41. The molecule has 1 amide bonds. The maximum absolute atomic E-state index is 12.3. The number of carbonyl (C=O) groups excluding carboxylic acids is 2. The molecule has 0 spiro atoms. The van der Waals surface area contributed by atoms with Crippen molar-refractivity contribution in [2.45, 2.75) is 6.92 Å². The number of hydrogen-bond acceptors (Lipinski definition) is 6. The lowest BCUT2D eigenvalue weighted by Crippen LogP contribution is -2.10. The molecule has 0 aliphatic rings. The van der Waals surface area contributed by atoms with Gasteiger partial charge in [0.2, 0.25) is 11.7 Å². The van der Waals surface area contributed by atoms with Gasteiger partial charge in [0, 0.05) is 11.8 Å². The zero-order valence-corrected chi connectivity index (χ0v) is 16.5. The third-order valence-electron chi connectivity index (χ3n) is 4.03. The molecule has 0 aliphatic carbocycles. The molecular weight excluding hydrogens is 362 g/mol. The molecule has 0 bridgehead atoms. The fourth-order valence-corrected chi connectivity index (χ4v) is 2.55. The monoisotopic (exact) mass is 385 g/mol. The number of hydrogen-bond donors (Lipinski definition) is 1. The third-order valence-corrected chi connectivity index (χ3v) is 4.03. The minimum atomic E-state index is -0.469. The van der Waals surface area contributed by atoms with Crippen LogP contribution < -0.4 is 19.5 Å². The molecule has 0 heterocycles. The average molecular weight is 385 g/mol. The summed E-state index contributed by atoms with van der Waals surface area (Å²) >= 11 is 0. The van der Waals surface area contributed by atoms with E-state index in [0.29, 0.717) is 34.1 Å². The Labute approximate surface area is 163 Å². The van der Waals surface area contributed by atoms with Crippen molar-refractivity contribution in [3.63, 3.8) is 0 Å². The van der Waals surface area contributed by atoms with Crippen LogP contribution in [0.4, 0.5) is 5.69 Å². The molecule has 0 aromatic heterocycles. The number of benzene rings is 2. The molecule has 0 radical (unpaired) electrons. The van der Waals surface area contributed by atoms with Gasteiger partial charge in [0.25, 0.3) is 0 Å². The van der Waals surface area contributed by atoms with Gasteiger partial charge in [-0.1, -0.05) is 6.07 Å². The van der Waals surface area contributed by atoms with E-state index in [2.05, 4.69) is 5.32 Å². The number of methoxy groups -OCH3 is 4. The minimum Gasteiger partial charge on any atom is -0.493 e. The molecule has 7 heteroatoms. The van der Waals surface area contributed by atoms with Crippen LogP contribution in [0.15, 0.2) is 36.4 Å². The van der Waals surface area contributed by atoms with Crippen molar-refractivity contribution >= 4 is 23.6 Å². The lowest BCUT2D eigenvalue weighted by Gasteiger charge is -2.12. The number of amides is 1. The van der Waals surface area contributed by atoms with Crippen LogP contribution in [-0.4, -0.2) is 40.3 Å². The largest absolute Gasteiger partial charge is 0.493 e. The van der Waals surface area contributed by atoms with Crippen LogP contribution in [0, 0.1) is 6.92 Å². The first kappa shape index (κ1) is 20.8. The summed E-state index contributed by atoms with van der Waals surface area (Å²) in [6.07, 6.45) is 3.00. The molecular formula is C21H23NO6. The quantitative estimate of drug-likeness (QED) is 0.581. The first-order valence-corrected chi connectivity index (χ1v) is 8.41. The molecule has 0 unspecified atom stereocenters. The van der Waals surface area contributed by atoms with Crippen molar-refractivity contribution in [2.24, 2.45) is 0 Å². The first-order chi connectivity index (χ1) is 13.4. The molecule has 0 fully saturated rings. The summed E-state index contributed by atoms with van der Waals surface area (Å²) in [7, 11) is 5.87. The molecule has 1 N–H and O–H groups in total. The smallest absolute Gasteiger partial charge is 0.337 e. The molecule has 2 aromatic rings. The molecule has 148 valence electrons. The highest BCUT2D eigenvalue weighted by molar-refractivity contribution is 6.03. The van der Waals surface area contributed by atoms with Gasteiger partial charge in [0.05, 0.1) is 34.0 Å². The fraction of sp³-hybridized carbons (Fsp3) is 0.238. The van der Waals surface area contributed by atoms with Crippen LogP contribution >= 0.6 is 0 Å². The Kier molecular flexibility index (Phi) is 7.03. The highest BCUT2D eigenvalue weighted by Crippen LogP contribution is 2.38. The van der Waals surface area contributed by atoms with E-state index >= 15 is 0 Å². The maximum Gasteiger partial charge on any atom is 0.337 e. The van der Waals surface area contributed by atoms with Crippen LogP contribution in [0.5, 0.6) is 17.2 Å². The van der Waals surface area contributed by atoms with Crippen LogP contribution in [0.3, 0.4) is 0 Å². The van der Waals surface area contributed by atoms with E-state index < -0.39 is 5.97 Å². The second kappa shape index (κ2) is 9.45. The molecule has 0 aliphatic heterocycles. The molecule has 28 heavy (non-hydrogen) atoms. The predicted molar refractivity (Wildman–Crippen MR) is 106 cm³/mol. The van der Waals surface area contributed by atoms with Gasteiger partial charge >= 0.3 is 5.97 Å². The van der Waals surface area contributed by atoms with Crippen LogP contribution in [-0.2, 0) is 9.53 Å². The number of nitrogens with one attached hydrogen (secondary N) is 1. The molecule has 7 nitrogen and oxygen atoms in total. The molecule has 2 aromatic carbocycles. The van der Waals surface area contributed by atoms with Gasteiger partial charge in [0.15, 0.2) is 11.5 Å². The third kappa shape index (κ3) is 4.82. The van der Waals surface area contributed by atoms with Crippen molar-refractivity contribution < 1.29 is 28.5 Å². The van der Waals surface area contributed by atoms with Gasteiger partial charge in [-0.2, -0.15) is 0 Å². The van der Waals surface area contributed by atoms with Crippen molar-refractivity contribution in [2.75, 3.05) is 33.8 Å². The Morgan fingerprint density at radius 1 is 0.929 bits per heavy atom. The van der Waals surface area contributed by atoms with Gasteiger partial charge in [-0.25, -0.2) is 4.79 Å². The SMILES string of the molecule is COC(=O)c1ccc(C)c(NC(=O)/C=C/c2cc(OC)c(OC)c(OC)c2)c1. The summed E-state index contributed by atoms with van der Waals surface area (Å²) in [4.78, 5) is 24.0. The topological polar surface area (TPSA) is 83.1 Å².